The number of aromatic hydroxyl groups is 1. The average molecular weight is 225 g/mol. The minimum atomic E-state index is -0.237. The summed E-state index contributed by atoms with van der Waals surface area (Å²) in [4.78, 5) is 0. The lowest BCUT2D eigenvalue weighted by molar-refractivity contribution is -0.0997. The smallest absolute Gasteiger partial charge is 0.169 e. The van der Waals surface area contributed by atoms with E-state index in [4.69, 9.17) is 9.47 Å². The molecule has 0 radical (unpaired) electrons. The van der Waals surface area contributed by atoms with Crippen molar-refractivity contribution >= 4 is 0 Å². The number of rotatable bonds is 6. The Balaban J connectivity index is 2.46. The van der Waals surface area contributed by atoms with Gasteiger partial charge in [0.05, 0.1) is 0 Å². The second-order valence-corrected chi connectivity index (χ2v) is 3.62. The first-order valence-corrected chi connectivity index (χ1v) is 5.25. The molecule has 0 bridgehead atoms. The Labute approximate surface area is 96.2 Å². The lowest BCUT2D eigenvalue weighted by Gasteiger charge is -2.18. The summed E-state index contributed by atoms with van der Waals surface area (Å²) in [5.41, 5.74) is 1.11. The summed E-state index contributed by atoms with van der Waals surface area (Å²) < 4.78 is 10.2. The van der Waals surface area contributed by atoms with E-state index in [0.717, 1.165) is 5.56 Å². The van der Waals surface area contributed by atoms with Gasteiger partial charge >= 0.3 is 0 Å². The standard InChI is InChI=1S/C12H19NO3/c1-9(13-8-12(15-2)16-3)10-4-6-11(14)7-5-10/h4-7,9,12-14H,8H2,1-3H3. The van der Waals surface area contributed by atoms with Crippen molar-refractivity contribution in [3.8, 4) is 5.75 Å². The van der Waals surface area contributed by atoms with Crippen LogP contribution in [0.25, 0.3) is 0 Å². The van der Waals surface area contributed by atoms with E-state index in [-0.39, 0.29) is 18.1 Å². The fraction of sp³-hybridized carbons (Fsp3) is 0.500. The minimum absolute atomic E-state index is 0.188. The second-order valence-electron chi connectivity index (χ2n) is 3.62. The number of phenols is 1. The molecule has 16 heavy (non-hydrogen) atoms. The molecule has 90 valence electrons. The fourth-order valence-electron chi connectivity index (χ4n) is 1.42. The van der Waals surface area contributed by atoms with Crippen LogP contribution in [0.5, 0.6) is 5.75 Å². The molecule has 0 aromatic heterocycles. The lowest BCUT2D eigenvalue weighted by atomic mass is 10.1. The van der Waals surface area contributed by atoms with E-state index in [9.17, 15) is 5.11 Å². The highest BCUT2D eigenvalue weighted by molar-refractivity contribution is 5.27. The molecule has 1 aromatic rings. The van der Waals surface area contributed by atoms with Gasteiger partial charge in [-0.2, -0.15) is 0 Å². The van der Waals surface area contributed by atoms with Crippen LogP contribution < -0.4 is 5.32 Å². The maximum atomic E-state index is 9.17. The summed E-state index contributed by atoms with van der Waals surface area (Å²) in [5.74, 6) is 0.280. The van der Waals surface area contributed by atoms with Crippen LogP contribution in [0.3, 0.4) is 0 Å². The third-order valence-electron chi connectivity index (χ3n) is 2.51. The maximum absolute atomic E-state index is 9.17. The van der Waals surface area contributed by atoms with Crippen LogP contribution in [0.1, 0.15) is 18.5 Å². The van der Waals surface area contributed by atoms with Crippen molar-refractivity contribution in [2.75, 3.05) is 20.8 Å². The summed E-state index contributed by atoms with van der Waals surface area (Å²) in [7, 11) is 3.22. The zero-order valence-corrected chi connectivity index (χ0v) is 9.93. The molecule has 1 aromatic carbocycles. The molecule has 0 saturated carbocycles. The van der Waals surface area contributed by atoms with Gasteiger partial charge in [0.2, 0.25) is 0 Å². The lowest BCUT2D eigenvalue weighted by Crippen LogP contribution is -2.31. The minimum Gasteiger partial charge on any atom is -0.508 e. The third-order valence-corrected chi connectivity index (χ3v) is 2.51. The van der Waals surface area contributed by atoms with E-state index in [1.807, 2.05) is 12.1 Å². The topological polar surface area (TPSA) is 50.7 Å². The van der Waals surface area contributed by atoms with Crippen LogP contribution >= 0.6 is 0 Å². The van der Waals surface area contributed by atoms with Gasteiger partial charge in [-0.1, -0.05) is 12.1 Å². The van der Waals surface area contributed by atoms with Crippen LogP contribution in [0.15, 0.2) is 24.3 Å². The van der Waals surface area contributed by atoms with Crippen LogP contribution in [0.2, 0.25) is 0 Å². The van der Waals surface area contributed by atoms with Crippen molar-refractivity contribution in [3.05, 3.63) is 29.8 Å². The highest BCUT2D eigenvalue weighted by Crippen LogP contribution is 2.16. The first-order chi connectivity index (χ1) is 7.67. The Hall–Kier alpha value is -1.10. The molecule has 0 aliphatic heterocycles. The monoisotopic (exact) mass is 225 g/mol. The molecular formula is C12H19NO3. The van der Waals surface area contributed by atoms with Crippen LogP contribution in [-0.4, -0.2) is 32.2 Å². The molecule has 0 spiro atoms. The predicted octanol–water partition coefficient (Wildman–Crippen LogP) is 1.66. The predicted molar refractivity (Wildman–Crippen MR) is 62.3 cm³/mol. The Kier molecular flexibility index (Phi) is 5.25. The van der Waals surface area contributed by atoms with Gasteiger partial charge in [0.1, 0.15) is 5.75 Å². The molecule has 2 N–H and O–H groups in total. The van der Waals surface area contributed by atoms with Crippen LogP contribution in [0.4, 0.5) is 0 Å². The third kappa shape index (κ3) is 3.81. The van der Waals surface area contributed by atoms with Gasteiger partial charge in [-0.25, -0.2) is 0 Å². The number of hydrogen-bond acceptors (Lipinski definition) is 4. The van der Waals surface area contributed by atoms with Gasteiger partial charge < -0.3 is 19.9 Å². The number of phenolic OH excluding ortho intramolecular Hbond substituents is 1. The quantitative estimate of drug-likeness (QED) is 0.723. The van der Waals surface area contributed by atoms with E-state index in [0.29, 0.717) is 6.54 Å². The molecule has 0 amide bonds. The number of ether oxygens (including phenoxy) is 2. The zero-order valence-electron chi connectivity index (χ0n) is 9.93. The van der Waals surface area contributed by atoms with Crippen molar-refractivity contribution in [2.24, 2.45) is 0 Å². The molecule has 0 saturated heterocycles. The molecule has 0 aliphatic carbocycles. The van der Waals surface area contributed by atoms with Crippen molar-refractivity contribution in [3.63, 3.8) is 0 Å². The Bertz CT molecular complexity index is 296. The van der Waals surface area contributed by atoms with Gasteiger partial charge in [-0.15, -0.1) is 0 Å². The van der Waals surface area contributed by atoms with Crippen molar-refractivity contribution in [2.45, 2.75) is 19.3 Å². The Morgan fingerprint density at radius 1 is 1.19 bits per heavy atom. The molecular weight excluding hydrogens is 206 g/mol. The number of methoxy groups -OCH3 is 2. The van der Waals surface area contributed by atoms with Gasteiger partial charge in [0, 0.05) is 26.8 Å². The van der Waals surface area contributed by atoms with Crippen LogP contribution in [-0.2, 0) is 9.47 Å². The van der Waals surface area contributed by atoms with E-state index < -0.39 is 0 Å². The molecule has 0 heterocycles. The Morgan fingerprint density at radius 3 is 2.25 bits per heavy atom. The zero-order chi connectivity index (χ0) is 12.0. The molecule has 1 unspecified atom stereocenters. The van der Waals surface area contributed by atoms with E-state index in [2.05, 4.69) is 12.2 Å². The van der Waals surface area contributed by atoms with E-state index >= 15 is 0 Å². The van der Waals surface area contributed by atoms with Crippen molar-refractivity contribution < 1.29 is 14.6 Å². The molecule has 0 aliphatic rings. The van der Waals surface area contributed by atoms with Crippen molar-refractivity contribution in [1.29, 1.82) is 0 Å². The summed E-state index contributed by atoms with van der Waals surface area (Å²) >= 11 is 0. The molecule has 4 nitrogen and oxygen atoms in total. The first kappa shape index (κ1) is 13.0. The molecule has 0 fully saturated rings. The van der Waals surface area contributed by atoms with E-state index in [1.165, 1.54) is 0 Å². The summed E-state index contributed by atoms with van der Waals surface area (Å²) in [6.07, 6.45) is -0.237. The Morgan fingerprint density at radius 2 is 1.75 bits per heavy atom. The van der Waals surface area contributed by atoms with Gasteiger partial charge in [0.15, 0.2) is 6.29 Å². The van der Waals surface area contributed by atoms with Crippen molar-refractivity contribution in [1.82, 2.24) is 5.32 Å². The molecule has 4 heteroatoms. The highest BCUT2D eigenvalue weighted by atomic mass is 16.7. The number of nitrogens with one attached hydrogen (secondary N) is 1. The van der Waals surface area contributed by atoms with Gasteiger partial charge in [0.25, 0.3) is 0 Å². The molecule has 1 rings (SSSR count). The average Bonchev–Trinajstić information content (AvgIpc) is 2.31. The largest absolute Gasteiger partial charge is 0.508 e. The maximum Gasteiger partial charge on any atom is 0.169 e. The summed E-state index contributed by atoms with van der Waals surface area (Å²) in [6, 6.07) is 7.33. The van der Waals surface area contributed by atoms with E-state index in [1.54, 1.807) is 26.4 Å². The molecule has 1 atom stereocenters. The highest BCUT2D eigenvalue weighted by Gasteiger charge is 2.09. The van der Waals surface area contributed by atoms with Gasteiger partial charge in [-0.05, 0) is 24.6 Å². The number of hydrogen-bond donors (Lipinski definition) is 2. The summed E-state index contributed by atoms with van der Waals surface area (Å²) in [5, 5.41) is 12.5. The number of benzene rings is 1. The van der Waals surface area contributed by atoms with Crippen LogP contribution in [0, 0.1) is 0 Å². The van der Waals surface area contributed by atoms with Gasteiger partial charge in [-0.3, -0.25) is 0 Å². The first-order valence-electron chi connectivity index (χ1n) is 5.25. The summed E-state index contributed by atoms with van der Waals surface area (Å²) in [6.45, 7) is 2.67. The SMILES string of the molecule is COC(CNC(C)c1ccc(O)cc1)OC. The normalized spacial score (nSPS) is 13.0. The fourth-order valence-corrected chi connectivity index (χ4v) is 1.42. The second kappa shape index (κ2) is 6.48.